The van der Waals surface area contributed by atoms with Crippen LogP contribution in [0.2, 0.25) is 0 Å². The fourth-order valence-electron chi connectivity index (χ4n) is 1.48. The Morgan fingerprint density at radius 2 is 1.61 bits per heavy atom. The van der Waals surface area contributed by atoms with Crippen molar-refractivity contribution in [2.45, 2.75) is 39.8 Å². The molecule has 1 rings (SSSR count). The summed E-state index contributed by atoms with van der Waals surface area (Å²) in [6, 6.07) is 3.34. The fourth-order valence-corrected chi connectivity index (χ4v) is 1.48. The Morgan fingerprint density at radius 3 is 1.94 bits per heavy atom. The highest BCUT2D eigenvalue weighted by molar-refractivity contribution is 6.58. The number of hydrogen-bond donors (Lipinski definition) is 2. The van der Waals surface area contributed by atoms with E-state index in [9.17, 15) is 13.2 Å². The lowest BCUT2D eigenvalue weighted by molar-refractivity contribution is -0.138. The first kappa shape index (κ1) is 17.0. The van der Waals surface area contributed by atoms with Gasteiger partial charge in [-0.05, 0) is 23.0 Å². The van der Waals surface area contributed by atoms with E-state index >= 15 is 0 Å². The Kier molecular flexibility index (Phi) is 6.42. The minimum Gasteiger partial charge on any atom is -0.423 e. The Labute approximate surface area is 106 Å². The van der Waals surface area contributed by atoms with Crippen LogP contribution < -0.4 is 5.46 Å². The fraction of sp³-hybridized carbons (Fsp3) is 0.500. The van der Waals surface area contributed by atoms with Gasteiger partial charge in [0.25, 0.3) is 0 Å². The highest BCUT2D eigenvalue weighted by atomic mass is 19.4. The van der Waals surface area contributed by atoms with Crippen LogP contribution in [-0.4, -0.2) is 17.2 Å². The quantitative estimate of drug-likeness (QED) is 0.804. The van der Waals surface area contributed by atoms with Gasteiger partial charge in [-0.3, -0.25) is 0 Å². The summed E-state index contributed by atoms with van der Waals surface area (Å²) in [5.74, 6) is -0.276. The summed E-state index contributed by atoms with van der Waals surface area (Å²) < 4.78 is 38.1. The number of alkyl halides is 3. The van der Waals surface area contributed by atoms with Gasteiger partial charge in [0.05, 0.1) is 5.56 Å². The average Bonchev–Trinajstić information content (AvgIpc) is 2.29. The van der Waals surface area contributed by atoms with Gasteiger partial charge < -0.3 is 10.0 Å². The van der Waals surface area contributed by atoms with Crippen molar-refractivity contribution in [1.29, 1.82) is 0 Å². The summed E-state index contributed by atoms with van der Waals surface area (Å²) in [5.41, 5.74) is -0.818. The minimum atomic E-state index is -4.48. The van der Waals surface area contributed by atoms with E-state index in [0.29, 0.717) is 0 Å². The number of hydrogen-bond acceptors (Lipinski definition) is 2. The molecule has 0 spiro atoms. The van der Waals surface area contributed by atoms with Crippen LogP contribution in [0.25, 0.3) is 0 Å². The molecule has 2 N–H and O–H groups in total. The second-order valence-electron chi connectivity index (χ2n) is 3.87. The average molecular weight is 262 g/mol. The maximum atomic E-state index is 12.7. The van der Waals surface area contributed by atoms with Crippen molar-refractivity contribution >= 4 is 12.6 Å². The van der Waals surface area contributed by atoms with Crippen molar-refractivity contribution in [2.24, 2.45) is 0 Å². The monoisotopic (exact) mass is 262 g/mol. The van der Waals surface area contributed by atoms with Gasteiger partial charge in [0.15, 0.2) is 0 Å². The van der Waals surface area contributed by atoms with Crippen LogP contribution in [0.15, 0.2) is 18.2 Å². The standard InChI is InChI=1S/C10H12BF3O2.C2H6/c1-6(2)8-4-3-7(11(15)16)5-9(8)10(12,13)14;1-2/h3-6,15-16H,1-2H3;1-2H3. The van der Waals surface area contributed by atoms with E-state index in [1.54, 1.807) is 13.8 Å². The summed E-state index contributed by atoms with van der Waals surface area (Å²) in [7, 11) is -1.89. The molecule has 0 saturated heterocycles. The minimum absolute atomic E-state index is 0.150. The van der Waals surface area contributed by atoms with Crippen molar-refractivity contribution < 1.29 is 23.2 Å². The zero-order chi connectivity index (χ0) is 14.5. The van der Waals surface area contributed by atoms with Gasteiger partial charge in [-0.2, -0.15) is 13.2 Å². The molecule has 0 aliphatic rings. The van der Waals surface area contributed by atoms with Crippen molar-refractivity contribution in [2.75, 3.05) is 0 Å². The molecule has 1 aromatic rings. The molecule has 6 heteroatoms. The summed E-state index contributed by atoms with van der Waals surface area (Å²) in [4.78, 5) is 0. The largest absolute Gasteiger partial charge is 0.488 e. The van der Waals surface area contributed by atoms with Crippen LogP contribution in [0.1, 0.15) is 44.7 Å². The molecule has 0 aromatic heterocycles. The molecule has 18 heavy (non-hydrogen) atoms. The first-order valence-electron chi connectivity index (χ1n) is 5.80. The van der Waals surface area contributed by atoms with E-state index in [2.05, 4.69) is 0 Å². The smallest absolute Gasteiger partial charge is 0.423 e. The number of benzene rings is 1. The maximum Gasteiger partial charge on any atom is 0.488 e. The molecule has 1 aromatic carbocycles. The normalized spacial score (nSPS) is 11.0. The Hall–Kier alpha value is -1.01. The van der Waals surface area contributed by atoms with E-state index in [0.717, 1.165) is 6.07 Å². The van der Waals surface area contributed by atoms with Gasteiger partial charge in [0, 0.05) is 0 Å². The molecular weight excluding hydrogens is 244 g/mol. The van der Waals surface area contributed by atoms with E-state index < -0.39 is 18.9 Å². The lowest BCUT2D eigenvalue weighted by atomic mass is 9.78. The van der Waals surface area contributed by atoms with Crippen molar-refractivity contribution in [3.8, 4) is 0 Å². The van der Waals surface area contributed by atoms with Gasteiger partial charge in [-0.25, -0.2) is 0 Å². The third kappa shape index (κ3) is 4.35. The molecule has 102 valence electrons. The lowest BCUT2D eigenvalue weighted by Crippen LogP contribution is -2.31. The molecule has 0 heterocycles. The van der Waals surface area contributed by atoms with Gasteiger partial charge >= 0.3 is 13.3 Å². The molecule has 0 aliphatic carbocycles. The van der Waals surface area contributed by atoms with Gasteiger partial charge in [-0.15, -0.1) is 0 Å². The van der Waals surface area contributed by atoms with Crippen molar-refractivity contribution in [3.63, 3.8) is 0 Å². The van der Waals surface area contributed by atoms with Crippen LogP contribution in [0, 0.1) is 0 Å². The molecule has 2 nitrogen and oxygen atoms in total. The van der Waals surface area contributed by atoms with Crippen LogP contribution in [0.4, 0.5) is 13.2 Å². The van der Waals surface area contributed by atoms with E-state index in [1.807, 2.05) is 13.8 Å². The van der Waals surface area contributed by atoms with Crippen LogP contribution in [0.5, 0.6) is 0 Å². The van der Waals surface area contributed by atoms with Crippen LogP contribution in [-0.2, 0) is 6.18 Å². The summed E-state index contributed by atoms with van der Waals surface area (Å²) >= 11 is 0. The highest BCUT2D eigenvalue weighted by Gasteiger charge is 2.34. The molecule has 0 aliphatic heterocycles. The number of rotatable bonds is 2. The first-order chi connectivity index (χ1) is 8.23. The van der Waals surface area contributed by atoms with Gasteiger partial charge in [-0.1, -0.05) is 39.8 Å². The zero-order valence-corrected chi connectivity index (χ0v) is 10.9. The topological polar surface area (TPSA) is 40.5 Å². The predicted octanol–water partition coefficient (Wildman–Crippen LogP) is 2.53. The molecule has 0 amide bonds. The third-order valence-electron chi connectivity index (χ3n) is 2.30. The second-order valence-corrected chi connectivity index (χ2v) is 3.87. The summed E-state index contributed by atoms with van der Waals surface area (Å²) in [6.07, 6.45) is -4.48. The van der Waals surface area contributed by atoms with Crippen LogP contribution >= 0.6 is 0 Å². The van der Waals surface area contributed by atoms with Crippen molar-refractivity contribution in [3.05, 3.63) is 29.3 Å². The Balaban J connectivity index is 0.00000137. The lowest BCUT2D eigenvalue weighted by Gasteiger charge is -2.16. The molecule has 0 unspecified atom stereocenters. The third-order valence-corrected chi connectivity index (χ3v) is 2.30. The molecule has 0 radical (unpaired) electrons. The Bertz CT molecular complexity index is 376. The number of halogens is 3. The summed E-state index contributed by atoms with van der Waals surface area (Å²) in [5, 5.41) is 17.7. The zero-order valence-electron chi connectivity index (χ0n) is 10.9. The molecule has 0 atom stereocenters. The molecule has 0 bridgehead atoms. The summed E-state index contributed by atoms with van der Waals surface area (Å²) in [6.45, 7) is 7.30. The SMILES string of the molecule is CC.CC(C)c1ccc(B(O)O)cc1C(F)(F)F. The molecule has 0 fully saturated rings. The van der Waals surface area contributed by atoms with Crippen LogP contribution in [0.3, 0.4) is 0 Å². The van der Waals surface area contributed by atoms with E-state index in [4.69, 9.17) is 10.0 Å². The molecular formula is C12H18BF3O2. The van der Waals surface area contributed by atoms with Gasteiger partial charge in [0.1, 0.15) is 0 Å². The highest BCUT2D eigenvalue weighted by Crippen LogP contribution is 2.34. The Morgan fingerprint density at radius 1 is 1.11 bits per heavy atom. The van der Waals surface area contributed by atoms with Crippen molar-refractivity contribution in [1.82, 2.24) is 0 Å². The van der Waals surface area contributed by atoms with E-state index in [1.165, 1.54) is 12.1 Å². The first-order valence-corrected chi connectivity index (χ1v) is 5.80. The second kappa shape index (κ2) is 6.80. The predicted molar refractivity (Wildman–Crippen MR) is 66.7 cm³/mol. The van der Waals surface area contributed by atoms with E-state index in [-0.39, 0.29) is 16.9 Å². The maximum absolute atomic E-state index is 12.7. The molecule has 0 saturated carbocycles. The van der Waals surface area contributed by atoms with Gasteiger partial charge in [0.2, 0.25) is 0 Å².